The zero-order valence-electron chi connectivity index (χ0n) is 8.76. The summed E-state index contributed by atoms with van der Waals surface area (Å²) in [5, 5.41) is 0. The van der Waals surface area contributed by atoms with Gasteiger partial charge in [0.2, 0.25) is 0 Å². The van der Waals surface area contributed by atoms with E-state index >= 15 is 0 Å². The Bertz CT molecular complexity index is 243. The minimum absolute atomic E-state index is 0.0554. The molecule has 0 aliphatic carbocycles. The fourth-order valence-corrected chi connectivity index (χ4v) is 1.60. The van der Waals surface area contributed by atoms with Crippen LogP contribution in [-0.2, 0) is 9.53 Å². The third-order valence-corrected chi connectivity index (χ3v) is 2.14. The minimum atomic E-state index is -0.381. The summed E-state index contributed by atoms with van der Waals surface area (Å²) in [5.74, 6) is 0.785. The Morgan fingerprint density at radius 1 is 1.62 bits per heavy atom. The van der Waals surface area contributed by atoms with Gasteiger partial charge in [-0.05, 0) is 27.2 Å². The lowest BCUT2D eigenvalue weighted by atomic mass is 9.96. The van der Waals surface area contributed by atoms with E-state index in [1.165, 1.54) is 0 Å². The number of hydrogen-bond donors (Lipinski definition) is 0. The van der Waals surface area contributed by atoms with Crippen molar-refractivity contribution in [1.29, 1.82) is 0 Å². The normalized spacial score (nSPS) is 25.2. The van der Waals surface area contributed by atoms with Gasteiger partial charge in [0.25, 0.3) is 0 Å². The third-order valence-electron chi connectivity index (χ3n) is 2.14. The smallest absolute Gasteiger partial charge is 0.184 e. The van der Waals surface area contributed by atoms with E-state index < -0.39 is 0 Å². The maximum absolute atomic E-state index is 11.2. The van der Waals surface area contributed by atoms with Gasteiger partial charge in [-0.1, -0.05) is 6.92 Å². The van der Waals surface area contributed by atoms with Gasteiger partial charge < -0.3 is 4.74 Å². The van der Waals surface area contributed by atoms with Crippen molar-refractivity contribution in [2.24, 2.45) is 4.99 Å². The summed E-state index contributed by atoms with van der Waals surface area (Å²) < 4.78 is 5.48. The second-order valence-electron chi connectivity index (χ2n) is 4.02. The van der Waals surface area contributed by atoms with Crippen LogP contribution in [0.3, 0.4) is 0 Å². The fraction of sp³-hybridized carbons (Fsp3) is 0.800. The standard InChI is InChI=1S/C10H17NO2/c1-5-6-8-11-10(3,4)9(13-8)7(2)12/h9H,5-6H2,1-4H3. The van der Waals surface area contributed by atoms with Gasteiger partial charge in [0.15, 0.2) is 17.8 Å². The van der Waals surface area contributed by atoms with Crippen molar-refractivity contribution in [3.05, 3.63) is 0 Å². The highest BCUT2D eigenvalue weighted by Gasteiger charge is 2.40. The highest BCUT2D eigenvalue weighted by Crippen LogP contribution is 2.26. The van der Waals surface area contributed by atoms with Gasteiger partial charge in [-0.2, -0.15) is 0 Å². The average Bonchev–Trinajstić information content (AvgIpc) is 2.26. The molecule has 0 saturated heterocycles. The van der Waals surface area contributed by atoms with E-state index in [0.717, 1.165) is 18.7 Å². The Labute approximate surface area is 79.2 Å². The number of carbonyl (C=O) groups excluding carboxylic acids is 1. The zero-order valence-corrected chi connectivity index (χ0v) is 8.76. The zero-order chi connectivity index (χ0) is 10.1. The van der Waals surface area contributed by atoms with Crippen molar-refractivity contribution in [1.82, 2.24) is 0 Å². The molecule has 1 unspecified atom stereocenters. The van der Waals surface area contributed by atoms with Gasteiger partial charge in [-0.3, -0.25) is 4.79 Å². The van der Waals surface area contributed by atoms with Crippen LogP contribution in [0.5, 0.6) is 0 Å². The molecule has 3 nitrogen and oxygen atoms in total. The first-order chi connectivity index (χ1) is 5.97. The summed E-state index contributed by atoms with van der Waals surface area (Å²) in [5.41, 5.74) is -0.379. The molecule has 0 radical (unpaired) electrons. The number of ketones is 1. The van der Waals surface area contributed by atoms with Gasteiger partial charge in [0.1, 0.15) is 5.54 Å². The Hall–Kier alpha value is -0.860. The molecule has 3 heteroatoms. The monoisotopic (exact) mass is 183 g/mol. The molecule has 0 aromatic rings. The number of Topliss-reactive ketones (excluding diaryl/α,β-unsaturated/α-hetero) is 1. The maximum atomic E-state index is 11.2. The molecule has 1 atom stereocenters. The Morgan fingerprint density at radius 2 is 2.23 bits per heavy atom. The number of carbonyl (C=O) groups is 1. The van der Waals surface area contributed by atoms with Crippen molar-refractivity contribution >= 4 is 11.7 Å². The third kappa shape index (κ3) is 2.08. The molecular formula is C10H17NO2. The van der Waals surface area contributed by atoms with Crippen LogP contribution in [0.15, 0.2) is 4.99 Å². The average molecular weight is 183 g/mol. The fourth-order valence-electron chi connectivity index (χ4n) is 1.60. The van der Waals surface area contributed by atoms with Crippen molar-refractivity contribution in [2.75, 3.05) is 0 Å². The van der Waals surface area contributed by atoms with E-state index in [9.17, 15) is 4.79 Å². The first-order valence-electron chi connectivity index (χ1n) is 4.73. The molecule has 0 bridgehead atoms. The van der Waals surface area contributed by atoms with Crippen molar-refractivity contribution < 1.29 is 9.53 Å². The molecule has 1 aliphatic heterocycles. The van der Waals surface area contributed by atoms with Gasteiger partial charge >= 0.3 is 0 Å². The van der Waals surface area contributed by atoms with Crippen LogP contribution in [0.4, 0.5) is 0 Å². The lowest BCUT2D eigenvalue weighted by Crippen LogP contribution is -2.37. The Balaban J connectivity index is 2.74. The van der Waals surface area contributed by atoms with Crippen LogP contribution >= 0.6 is 0 Å². The maximum Gasteiger partial charge on any atom is 0.184 e. The van der Waals surface area contributed by atoms with E-state index in [-0.39, 0.29) is 17.4 Å². The van der Waals surface area contributed by atoms with Gasteiger partial charge in [0.05, 0.1) is 0 Å². The molecule has 0 aromatic carbocycles. The molecule has 1 rings (SSSR count). The van der Waals surface area contributed by atoms with Crippen molar-refractivity contribution in [3.8, 4) is 0 Å². The van der Waals surface area contributed by atoms with Crippen LogP contribution in [-0.4, -0.2) is 23.3 Å². The molecule has 1 aliphatic rings. The number of nitrogens with zero attached hydrogens (tertiary/aromatic N) is 1. The van der Waals surface area contributed by atoms with Crippen LogP contribution in [0.1, 0.15) is 40.5 Å². The summed E-state index contributed by atoms with van der Waals surface area (Å²) in [6.07, 6.45) is 1.45. The molecule has 1 heterocycles. The predicted octanol–water partition coefficient (Wildman–Crippen LogP) is 1.95. The topological polar surface area (TPSA) is 38.7 Å². The SMILES string of the molecule is CCCC1=NC(C)(C)C(C(C)=O)O1. The van der Waals surface area contributed by atoms with Gasteiger partial charge in [-0.15, -0.1) is 0 Å². The summed E-state index contributed by atoms with van der Waals surface area (Å²) in [6.45, 7) is 7.49. The van der Waals surface area contributed by atoms with E-state index in [1.54, 1.807) is 6.92 Å². The second-order valence-corrected chi connectivity index (χ2v) is 4.02. The first kappa shape index (κ1) is 10.2. The molecule has 0 spiro atoms. The lowest BCUT2D eigenvalue weighted by molar-refractivity contribution is -0.125. The number of aliphatic imine (C=N–C) groups is 1. The molecule has 0 saturated carbocycles. The summed E-state index contributed by atoms with van der Waals surface area (Å²) >= 11 is 0. The van der Waals surface area contributed by atoms with Crippen LogP contribution in [0, 0.1) is 0 Å². The highest BCUT2D eigenvalue weighted by atomic mass is 16.5. The molecule has 74 valence electrons. The van der Waals surface area contributed by atoms with Crippen molar-refractivity contribution in [3.63, 3.8) is 0 Å². The first-order valence-corrected chi connectivity index (χ1v) is 4.73. The summed E-state index contributed by atoms with van der Waals surface area (Å²) in [6, 6.07) is 0. The lowest BCUT2D eigenvalue weighted by Gasteiger charge is -2.19. The number of ether oxygens (including phenoxy) is 1. The number of hydrogen-bond acceptors (Lipinski definition) is 3. The Kier molecular flexibility index (Phi) is 2.74. The van der Waals surface area contributed by atoms with Crippen molar-refractivity contribution in [2.45, 2.75) is 52.2 Å². The molecule has 0 aromatic heterocycles. The quantitative estimate of drug-likeness (QED) is 0.670. The summed E-state index contributed by atoms with van der Waals surface area (Å²) in [7, 11) is 0. The number of rotatable bonds is 3. The highest BCUT2D eigenvalue weighted by molar-refractivity contribution is 5.89. The van der Waals surface area contributed by atoms with E-state index in [1.807, 2.05) is 13.8 Å². The summed E-state index contributed by atoms with van der Waals surface area (Å²) in [4.78, 5) is 15.6. The van der Waals surface area contributed by atoms with Gasteiger partial charge in [-0.25, -0.2) is 4.99 Å². The molecule has 13 heavy (non-hydrogen) atoms. The van der Waals surface area contributed by atoms with E-state index in [2.05, 4.69) is 11.9 Å². The molecule has 0 N–H and O–H groups in total. The minimum Gasteiger partial charge on any atom is -0.467 e. The van der Waals surface area contributed by atoms with Crippen LogP contribution in [0.25, 0.3) is 0 Å². The molecule has 0 fully saturated rings. The van der Waals surface area contributed by atoms with Gasteiger partial charge in [0, 0.05) is 6.42 Å². The van der Waals surface area contributed by atoms with Crippen LogP contribution < -0.4 is 0 Å². The second kappa shape index (κ2) is 3.48. The molecule has 0 amide bonds. The molecular weight excluding hydrogens is 166 g/mol. The van der Waals surface area contributed by atoms with Crippen LogP contribution in [0.2, 0.25) is 0 Å². The predicted molar refractivity (Wildman–Crippen MR) is 52.0 cm³/mol. The largest absolute Gasteiger partial charge is 0.467 e. The van der Waals surface area contributed by atoms with E-state index in [4.69, 9.17) is 4.74 Å². The van der Waals surface area contributed by atoms with E-state index in [0.29, 0.717) is 0 Å². The Morgan fingerprint density at radius 3 is 2.62 bits per heavy atom.